The van der Waals surface area contributed by atoms with E-state index in [0.29, 0.717) is 12.3 Å². The summed E-state index contributed by atoms with van der Waals surface area (Å²) in [5.74, 6) is 2.39. The minimum atomic E-state index is -0.921. The lowest BCUT2D eigenvalue weighted by atomic mass is 9.75. The topological polar surface area (TPSA) is 0 Å². The van der Waals surface area contributed by atoms with Crippen LogP contribution >= 0.6 is 0 Å². The summed E-state index contributed by atoms with van der Waals surface area (Å²) in [4.78, 5) is 0. The zero-order valence-electron chi connectivity index (χ0n) is 11.6. The van der Waals surface area contributed by atoms with E-state index in [1.54, 1.807) is 6.92 Å². The van der Waals surface area contributed by atoms with E-state index in [1.165, 1.54) is 32.1 Å². The number of rotatable bonds is 5. The van der Waals surface area contributed by atoms with Gasteiger partial charge in [-0.2, -0.15) is 0 Å². The van der Waals surface area contributed by atoms with Gasteiger partial charge in [0.05, 0.1) is 0 Å². The van der Waals surface area contributed by atoms with Gasteiger partial charge in [0.2, 0.25) is 0 Å². The molecule has 1 aliphatic rings. The molecular formula is C15H29F. The van der Waals surface area contributed by atoms with Crippen molar-refractivity contribution in [2.45, 2.75) is 78.3 Å². The van der Waals surface area contributed by atoms with Gasteiger partial charge in [-0.3, -0.25) is 0 Å². The van der Waals surface area contributed by atoms with Crippen LogP contribution in [0.3, 0.4) is 0 Å². The maximum Gasteiger partial charge on any atom is 0.108 e. The van der Waals surface area contributed by atoms with E-state index in [4.69, 9.17) is 0 Å². The van der Waals surface area contributed by atoms with E-state index >= 15 is 0 Å². The molecule has 1 fully saturated rings. The van der Waals surface area contributed by atoms with E-state index < -0.39 is 5.67 Å². The molecular weight excluding hydrogens is 199 g/mol. The van der Waals surface area contributed by atoms with Crippen LogP contribution < -0.4 is 0 Å². The maximum atomic E-state index is 13.9. The minimum Gasteiger partial charge on any atom is -0.244 e. The quantitative estimate of drug-likeness (QED) is 0.593. The maximum absolute atomic E-state index is 13.9. The summed E-state index contributed by atoms with van der Waals surface area (Å²) in [6.07, 6.45) is 8.02. The number of alkyl halides is 1. The Labute approximate surface area is 101 Å². The average Bonchev–Trinajstić information content (AvgIpc) is 2.20. The number of halogens is 1. The Bertz CT molecular complexity index is 188. The molecule has 1 atom stereocenters. The lowest BCUT2D eigenvalue weighted by Gasteiger charge is -2.32. The zero-order chi connectivity index (χ0) is 12.2. The average molecular weight is 228 g/mol. The molecule has 0 aromatic rings. The second-order valence-electron chi connectivity index (χ2n) is 6.49. The Balaban J connectivity index is 2.27. The molecule has 0 radical (unpaired) electrons. The summed E-state index contributed by atoms with van der Waals surface area (Å²) < 4.78 is 13.9. The Hall–Kier alpha value is -0.0700. The molecule has 1 aliphatic carbocycles. The zero-order valence-corrected chi connectivity index (χ0v) is 11.6. The van der Waals surface area contributed by atoms with Crippen LogP contribution in [0.5, 0.6) is 0 Å². The van der Waals surface area contributed by atoms with Gasteiger partial charge < -0.3 is 0 Å². The predicted molar refractivity (Wildman–Crippen MR) is 69.3 cm³/mol. The van der Waals surface area contributed by atoms with Crippen molar-refractivity contribution in [2.75, 3.05) is 0 Å². The Morgan fingerprint density at radius 1 is 1.12 bits per heavy atom. The Morgan fingerprint density at radius 2 is 1.62 bits per heavy atom. The Kier molecular flexibility index (Phi) is 5.27. The molecule has 0 N–H and O–H groups in total. The van der Waals surface area contributed by atoms with E-state index in [1.807, 2.05) is 6.92 Å². The van der Waals surface area contributed by atoms with Crippen LogP contribution in [-0.2, 0) is 0 Å². The normalized spacial score (nSPS) is 30.4. The van der Waals surface area contributed by atoms with Crippen molar-refractivity contribution >= 4 is 0 Å². The summed E-state index contributed by atoms with van der Waals surface area (Å²) in [6.45, 7) is 8.35. The summed E-state index contributed by atoms with van der Waals surface area (Å²) in [5.41, 5.74) is -0.921. The van der Waals surface area contributed by atoms with Crippen molar-refractivity contribution in [3.05, 3.63) is 0 Å². The molecule has 1 saturated carbocycles. The van der Waals surface area contributed by atoms with Crippen molar-refractivity contribution in [1.29, 1.82) is 0 Å². The second kappa shape index (κ2) is 6.02. The minimum absolute atomic E-state index is 0.651. The molecule has 1 heteroatoms. The lowest BCUT2D eigenvalue weighted by Crippen LogP contribution is -2.25. The van der Waals surface area contributed by atoms with Crippen molar-refractivity contribution < 1.29 is 4.39 Å². The molecule has 96 valence electrons. The molecule has 1 rings (SSSR count). The lowest BCUT2D eigenvalue weighted by molar-refractivity contribution is 0.113. The van der Waals surface area contributed by atoms with Gasteiger partial charge in [-0.05, 0) is 43.9 Å². The smallest absolute Gasteiger partial charge is 0.108 e. The molecule has 16 heavy (non-hydrogen) atoms. The van der Waals surface area contributed by atoms with Crippen molar-refractivity contribution in [3.8, 4) is 0 Å². The van der Waals surface area contributed by atoms with Crippen molar-refractivity contribution in [2.24, 2.45) is 17.8 Å². The van der Waals surface area contributed by atoms with Gasteiger partial charge in [-0.25, -0.2) is 4.39 Å². The first-order chi connectivity index (χ1) is 7.43. The molecule has 0 aromatic carbocycles. The molecule has 0 amide bonds. The third kappa shape index (κ3) is 4.84. The van der Waals surface area contributed by atoms with Gasteiger partial charge in [0.15, 0.2) is 0 Å². The standard InChI is InChI=1S/C15H29F/c1-5-15(4,16)11-14-8-6-13(7-9-14)10-12(2)3/h12-14H,5-11H2,1-4H3. The van der Waals surface area contributed by atoms with E-state index in [9.17, 15) is 4.39 Å². The van der Waals surface area contributed by atoms with Gasteiger partial charge in [-0.1, -0.05) is 46.5 Å². The largest absolute Gasteiger partial charge is 0.244 e. The molecule has 0 spiro atoms. The van der Waals surface area contributed by atoms with E-state index in [-0.39, 0.29) is 0 Å². The molecule has 0 aliphatic heterocycles. The highest BCUT2D eigenvalue weighted by atomic mass is 19.1. The first kappa shape index (κ1) is 14.0. The van der Waals surface area contributed by atoms with E-state index in [0.717, 1.165) is 18.3 Å². The van der Waals surface area contributed by atoms with Crippen LogP contribution in [0, 0.1) is 17.8 Å². The first-order valence-electron chi connectivity index (χ1n) is 7.12. The summed E-state index contributed by atoms with van der Waals surface area (Å²) in [6, 6.07) is 0. The highest BCUT2D eigenvalue weighted by Gasteiger charge is 2.29. The first-order valence-corrected chi connectivity index (χ1v) is 7.12. The fourth-order valence-corrected chi connectivity index (χ4v) is 3.08. The summed E-state index contributed by atoms with van der Waals surface area (Å²) in [5, 5.41) is 0. The third-order valence-corrected chi connectivity index (χ3v) is 4.22. The SMILES string of the molecule is CCC(C)(F)CC1CCC(CC(C)C)CC1. The van der Waals surface area contributed by atoms with Crippen LogP contribution in [0.1, 0.15) is 72.6 Å². The van der Waals surface area contributed by atoms with Gasteiger partial charge in [-0.15, -0.1) is 0 Å². The van der Waals surface area contributed by atoms with Crippen molar-refractivity contribution in [3.63, 3.8) is 0 Å². The highest BCUT2D eigenvalue weighted by Crippen LogP contribution is 2.37. The molecule has 0 heterocycles. The Morgan fingerprint density at radius 3 is 2.06 bits per heavy atom. The molecule has 0 aromatic heterocycles. The highest BCUT2D eigenvalue weighted by molar-refractivity contribution is 4.80. The van der Waals surface area contributed by atoms with Gasteiger partial charge in [0, 0.05) is 0 Å². The van der Waals surface area contributed by atoms with Crippen LogP contribution in [0.2, 0.25) is 0 Å². The molecule has 0 nitrogen and oxygen atoms in total. The predicted octanol–water partition coefficient (Wildman–Crippen LogP) is 5.37. The number of hydrogen-bond acceptors (Lipinski definition) is 0. The molecule has 0 bridgehead atoms. The molecule has 1 unspecified atom stereocenters. The monoisotopic (exact) mass is 228 g/mol. The fourth-order valence-electron chi connectivity index (χ4n) is 3.08. The fraction of sp³-hybridized carbons (Fsp3) is 1.00. The third-order valence-electron chi connectivity index (χ3n) is 4.22. The van der Waals surface area contributed by atoms with Crippen LogP contribution in [-0.4, -0.2) is 5.67 Å². The van der Waals surface area contributed by atoms with Crippen LogP contribution in [0.4, 0.5) is 4.39 Å². The number of hydrogen-bond donors (Lipinski definition) is 0. The second-order valence-corrected chi connectivity index (χ2v) is 6.49. The summed E-state index contributed by atoms with van der Waals surface area (Å²) in [7, 11) is 0. The van der Waals surface area contributed by atoms with Gasteiger partial charge in [0.25, 0.3) is 0 Å². The van der Waals surface area contributed by atoms with E-state index in [2.05, 4.69) is 13.8 Å². The molecule has 0 saturated heterocycles. The van der Waals surface area contributed by atoms with Crippen LogP contribution in [0.15, 0.2) is 0 Å². The van der Waals surface area contributed by atoms with Crippen molar-refractivity contribution in [1.82, 2.24) is 0 Å². The van der Waals surface area contributed by atoms with Crippen LogP contribution in [0.25, 0.3) is 0 Å². The van der Waals surface area contributed by atoms with Gasteiger partial charge >= 0.3 is 0 Å². The van der Waals surface area contributed by atoms with Gasteiger partial charge in [0.1, 0.15) is 5.67 Å². The summed E-state index contributed by atoms with van der Waals surface area (Å²) >= 11 is 0.